The van der Waals surface area contributed by atoms with Gasteiger partial charge in [0.1, 0.15) is 0 Å². The van der Waals surface area contributed by atoms with Crippen LogP contribution in [0, 0.1) is 5.92 Å². The second-order valence-corrected chi connectivity index (χ2v) is 5.23. The number of benzene rings is 1. The lowest BCUT2D eigenvalue weighted by molar-refractivity contribution is -0.134. The summed E-state index contributed by atoms with van der Waals surface area (Å²) >= 11 is 0. The maximum Gasteiger partial charge on any atom is 0.240 e. The minimum atomic E-state index is -0.563. The van der Waals surface area contributed by atoms with Gasteiger partial charge in [-0.25, -0.2) is 0 Å². The summed E-state index contributed by atoms with van der Waals surface area (Å²) in [6.07, 6.45) is 0.142. The van der Waals surface area contributed by atoms with Crippen molar-refractivity contribution in [2.24, 2.45) is 17.4 Å². The van der Waals surface area contributed by atoms with E-state index in [9.17, 15) is 9.59 Å². The number of carbonyl (C=O) groups excluding carboxylic acids is 2. The molecular weight excluding hydrogens is 254 g/mol. The highest BCUT2D eigenvalue weighted by Crippen LogP contribution is 2.10. The molecule has 5 nitrogen and oxygen atoms in total. The summed E-state index contributed by atoms with van der Waals surface area (Å²) in [6, 6.07) is 9.05. The van der Waals surface area contributed by atoms with Crippen LogP contribution in [0.4, 0.5) is 0 Å². The minimum absolute atomic E-state index is 0.0503. The molecule has 1 aromatic rings. The maximum absolute atomic E-state index is 12.4. The van der Waals surface area contributed by atoms with Gasteiger partial charge in [0.15, 0.2) is 0 Å². The van der Waals surface area contributed by atoms with Crippen LogP contribution in [0.3, 0.4) is 0 Å². The van der Waals surface area contributed by atoms with Crippen molar-refractivity contribution in [1.82, 2.24) is 4.90 Å². The molecule has 2 amide bonds. The highest BCUT2D eigenvalue weighted by Gasteiger charge is 2.23. The van der Waals surface area contributed by atoms with Crippen molar-refractivity contribution in [2.45, 2.75) is 32.9 Å². The lowest BCUT2D eigenvalue weighted by atomic mass is 10.0. The van der Waals surface area contributed by atoms with E-state index in [4.69, 9.17) is 11.5 Å². The third-order valence-electron chi connectivity index (χ3n) is 3.16. The van der Waals surface area contributed by atoms with Crippen LogP contribution in [0.25, 0.3) is 0 Å². The summed E-state index contributed by atoms with van der Waals surface area (Å²) in [6.45, 7) is 4.53. The van der Waals surface area contributed by atoms with Gasteiger partial charge in [-0.2, -0.15) is 0 Å². The van der Waals surface area contributed by atoms with Crippen molar-refractivity contribution in [3.63, 3.8) is 0 Å². The predicted molar refractivity (Wildman–Crippen MR) is 78.5 cm³/mol. The van der Waals surface area contributed by atoms with E-state index in [-0.39, 0.29) is 18.2 Å². The molecule has 20 heavy (non-hydrogen) atoms. The van der Waals surface area contributed by atoms with Crippen LogP contribution < -0.4 is 11.5 Å². The number of primary amides is 1. The van der Waals surface area contributed by atoms with Crippen molar-refractivity contribution < 1.29 is 9.59 Å². The average Bonchev–Trinajstić information content (AvgIpc) is 2.42. The van der Waals surface area contributed by atoms with Gasteiger partial charge in [-0.05, 0) is 11.5 Å². The maximum atomic E-state index is 12.4. The standard InChI is InChI=1S/C15H23N3O2/c1-11(2)14(17)15(20)18(9-8-13(16)19)10-12-6-4-3-5-7-12/h3-7,11,14H,8-10,17H2,1-2H3,(H2,16,19)/t14-/m0/s1. The van der Waals surface area contributed by atoms with E-state index in [2.05, 4.69) is 0 Å². The number of nitrogens with zero attached hydrogens (tertiary/aromatic N) is 1. The van der Waals surface area contributed by atoms with Crippen molar-refractivity contribution in [2.75, 3.05) is 6.54 Å². The normalized spacial score (nSPS) is 12.2. The lowest BCUT2D eigenvalue weighted by Gasteiger charge is -2.27. The van der Waals surface area contributed by atoms with Crippen LogP contribution in [0.5, 0.6) is 0 Å². The van der Waals surface area contributed by atoms with Crippen LogP contribution in [0.15, 0.2) is 30.3 Å². The first-order valence-electron chi connectivity index (χ1n) is 6.78. The second kappa shape index (κ2) is 7.65. The fourth-order valence-corrected chi connectivity index (χ4v) is 1.81. The Bertz CT molecular complexity index is 446. The molecule has 0 heterocycles. The zero-order valence-electron chi connectivity index (χ0n) is 12.1. The third-order valence-corrected chi connectivity index (χ3v) is 3.16. The number of hydrogen-bond donors (Lipinski definition) is 2. The summed E-state index contributed by atoms with van der Waals surface area (Å²) < 4.78 is 0. The summed E-state index contributed by atoms with van der Waals surface area (Å²) in [5, 5.41) is 0. The number of nitrogens with two attached hydrogens (primary N) is 2. The molecule has 0 aliphatic carbocycles. The molecule has 0 saturated carbocycles. The number of carbonyl (C=O) groups is 2. The number of hydrogen-bond acceptors (Lipinski definition) is 3. The predicted octanol–water partition coefficient (Wildman–Crippen LogP) is 0.874. The molecule has 0 bridgehead atoms. The molecule has 1 rings (SSSR count). The van der Waals surface area contributed by atoms with Crippen LogP contribution >= 0.6 is 0 Å². The first kappa shape index (κ1) is 16.2. The first-order valence-corrected chi connectivity index (χ1v) is 6.78. The summed E-state index contributed by atoms with van der Waals surface area (Å²) in [7, 11) is 0. The lowest BCUT2D eigenvalue weighted by Crippen LogP contribution is -2.47. The number of amides is 2. The molecule has 1 atom stereocenters. The molecular formula is C15H23N3O2. The van der Waals surface area contributed by atoms with Crippen molar-refractivity contribution >= 4 is 11.8 Å². The van der Waals surface area contributed by atoms with Crippen LogP contribution in [-0.2, 0) is 16.1 Å². The van der Waals surface area contributed by atoms with E-state index in [1.165, 1.54) is 0 Å². The summed E-state index contributed by atoms with van der Waals surface area (Å²) in [5.74, 6) is -0.520. The molecule has 110 valence electrons. The molecule has 1 aromatic carbocycles. The van der Waals surface area contributed by atoms with E-state index in [0.29, 0.717) is 13.1 Å². The summed E-state index contributed by atoms with van der Waals surface area (Å²) in [4.78, 5) is 24.9. The van der Waals surface area contributed by atoms with Crippen molar-refractivity contribution in [3.05, 3.63) is 35.9 Å². The second-order valence-electron chi connectivity index (χ2n) is 5.23. The van der Waals surface area contributed by atoms with Gasteiger partial charge in [-0.15, -0.1) is 0 Å². The van der Waals surface area contributed by atoms with Gasteiger partial charge in [0.2, 0.25) is 11.8 Å². The Morgan fingerprint density at radius 2 is 1.80 bits per heavy atom. The summed E-state index contributed by atoms with van der Waals surface area (Å²) in [5.41, 5.74) is 12.1. The molecule has 0 aliphatic heterocycles. The Balaban J connectivity index is 2.79. The topological polar surface area (TPSA) is 89.4 Å². The van der Waals surface area contributed by atoms with Gasteiger partial charge in [0.05, 0.1) is 6.04 Å². The fraction of sp³-hybridized carbons (Fsp3) is 0.467. The van der Waals surface area contributed by atoms with Crippen molar-refractivity contribution in [3.8, 4) is 0 Å². The van der Waals surface area contributed by atoms with Gasteiger partial charge >= 0.3 is 0 Å². The van der Waals surface area contributed by atoms with Crippen LogP contribution in [0.2, 0.25) is 0 Å². The van der Waals surface area contributed by atoms with E-state index in [1.54, 1.807) is 4.90 Å². The average molecular weight is 277 g/mol. The van der Waals surface area contributed by atoms with Crippen LogP contribution in [-0.4, -0.2) is 29.3 Å². The number of rotatable bonds is 7. The Morgan fingerprint density at radius 3 is 2.30 bits per heavy atom. The zero-order valence-corrected chi connectivity index (χ0v) is 12.1. The van der Waals surface area contributed by atoms with E-state index in [0.717, 1.165) is 5.56 Å². The van der Waals surface area contributed by atoms with Gasteiger partial charge in [0.25, 0.3) is 0 Å². The molecule has 0 aliphatic rings. The molecule has 0 aromatic heterocycles. The van der Waals surface area contributed by atoms with Gasteiger partial charge < -0.3 is 16.4 Å². The largest absolute Gasteiger partial charge is 0.370 e. The van der Waals surface area contributed by atoms with Gasteiger partial charge in [0, 0.05) is 19.5 Å². The Labute approximate surface area is 119 Å². The molecule has 0 unspecified atom stereocenters. The minimum Gasteiger partial charge on any atom is -0.370 e. The highest BCUT2D eigenvalue weighted by molar-refractivity contribution is 5.82. The van der Waals surface area contributed by atoms with E-state index < -0.39 is 11.9 Å². The molecule has 4 N–H and O–H groups in total. The Morgan fingerprint density at radius 1 is 1.20 bits per heavy atom. The molecule has 0 spiro atoms. The molecule has 0 fully saturated rings. The zero-order chi connectivity index (χ0) is 15.1. The fourth-order valence-electron chi connectivity index (χ4n) is 1.81. The van der Waals surface area contributed by atoms with Crippen LogP contribution in [0.1, 0.15) is 25.8 Å². The Kier molecular flexibility index (Phi) is 6.18. The molecule has 0 radical (unpaired) electrons. The van der Waals surface area contributed by atoms with Gasteiger partial charge in [-0.1, -0.05) is 44.2 Å². The van der Waals surface area contributed by atoms with Gasteiger partial charge in [-0.3, -0.25) is 9.59 Å². The third kappa shape index (κ3) is 5.01. The van der Waals surface area contributed by atoms with Crippen molar-refractivity contribution in [1.29, 1.82) is 0 Å². The van der Waals surface area contributed by atoms with E-state index >= 15 is 0 Å². The molecule has 5 heteroatoms. The monoisotopic (exact) mass is 277 g/mol. The smallest absolute Gasteiger partial charge is 0.240 e. The SMILES string of the molecule is CC(C)[C@H](N)C(=O)N(CCC(N)=O)Cc1ccccc1. The first-order chi connectivity index (χ1) is 9.41. The molecule has 0 saturated heterocycles. The van der Waals surface area contributed by atoms with E-state index in [1.807, 2.05) is 44.2 Å². The highest BCUT2D eigenvalue weighted by atomic mass is 16.2. The Hall–Kier alpha value is -1.88. The quantitative estimate of drug-likeness (QED) is 0.775.